The molecule has 1 aliphatic rings. The van der Waals surface area contributed by atoms with Crippen LogP contribution in [0, 0.1) is 11.7 Å². The maximum Gasteiger partial charge on any atom is 0.227 e. The van der Waals surface area contributed by atoms with Gasteiger partial charge in [-0.25, -0.2) is 4.39 Å². The zero-order valence-electron chi connectivity index (χ0n) is 11.2. The van der Waals surface area contributed by atoms with Gasteiger partial charge in [0.05, 0.1) is 7.11 Å². The van der Waals surface area contributed by atoms with Crippen LogP contribution >= 0.6 is 0 Å². The molecule has 0 saturated carbocycles. The molecule has 6 heteroatoms. The van der Waals surface area contributed by atoms with Gasteiger partial charge < -0.3 is 14.6 Å². The first-order valence-electron chi connectivity index (χ1n) is 6.63. The van der Waals surface area contributed by atoms with Crippen molar-refractivity contribution in [2.45, 2.75) is 12.8 Å². The Labute approximate surface area is 116 Å². The summed E-state index contributed by atoms with van der Waals surface area (Å²) in [5.74, 6) is 1.40. The molecule has 0 spiro atoms. The number of nitrogens with zero attached hydrogens (tertiary/aromatic N) is 2. The summed E-state index contributed by atoms with van der Waals surface area (Å²) in [7, 11) is 1.43. The van der Waals surface area contributed by atoms with E-state index in [0.29, 0.717) is 23.2 Å². The summed E-state index contributed by atoms with van der Waals surface area (Å²) in [5, 5.41) is 7.25. The van der Waals surface area contributed by atoms with Crippen LogP contribution in [0.3, 0.4) is 0 Å². The van der Waals surface area contributed by atoms with Crippen molar-refractivity contribution < 1.29 is 13.7 Å². The number of nitrogens with one attached hydrogen (secondary N) is 1. The van der Waals surface area contributed by atoms with Gasteiger partial charge in [-0.15, -0.1) is 0 Å². The summed E-state index contributed by atoms with van der Waals surface area (Å²) in [6.45, 7) is 2.03. The topological polar surface area (TPSA) is 60.2 Å². The molecule has 1 aliphatic heterocycles. The Bertz CT molecular complexity index is 594. The Morgan fingerprint density at radius 3 is 3.15 bits per heavy atom. The van der Waals surface area contributed by atoms with Gasteiger partial charge in [-0.1, -0.05) is 5.16 Å². The minimum absolute atomic E-state index is 0.175. The third-order valence-electron chi connectivity index (χ3n) is 3.50. The quantitative estimate of drug-likeness (QED) is 0.926. The fourth-order valence-electron chi connectivity index (χ4n) is 2.39. The largest absolute Gasteiger partial charge is 0.494 e. The van der Waals surface area contributed by atoms with Crippen molar-refractivity contribution in [3.8, 4) is 17.1 Å². The van der Waals surface area contributed by atoms with E-state index in [1.807, 2.05) is 0 Å². The Morgan fingerprint density at radius 2 is 2.40 bits per heavy atom. The maximum atomic E-state index is 13.4. The molecule has 20 heavy (non-hydrogen) atoms. The molecule has 1 aromatic heterocycles. The Morgan fingerprint density at radius 1 is 1.50 bits per heavy atom. The lowest BCUT2D eigenvalue weighted by molar-refractivity contribution is 0.358. The van der Waals surface area contributed by atoms with Crippen LogP contribution in [0.5, 0.6) is 5.75 Å². The highest BCUT2D eigenvalue weighted by Gasteiger charge is 2.19. The number of hydrogen-bond acceptors (Lipinski definition) is 5. The van der Waals surface area contributed by atoms with Gasteiger partial charge in [0.15, 0.2) is 11.6 Å². The molecular formula is C14H16FN3O2. The highest BCUT2D eigenvalue weighted by Crippen LogP contribution is 2.25. The molecule has 1 N–H and O–H groups in total. The SMILES string of the molecule is COc1cc(-c2noc(CC3CCNC3)n2)ccc1F. The summed E-state index contributed by atoms with van der Waals surface area (Å²) < 4.78 is 23.6. The fourth-order valence-corrected chi connectivity index (χ4v) is 2.39. The molecule has 106 valence electrons. The van der Waals surface area contributed by atoms with Gasteiger partial charge in [0.2, 0.25) is 11.7 Å². The molecule has 1 aromatic carbocycles. The van der Waals surface area contributed by atoms with Gasteiger partial charge >= 0.3 is 0 Å². The van der Waals surface area contributed by atoms with Crippen LogP contribution in [-0.2, 0) is 6.42 Å². The number of ether oxygens (including phenoxy) is 1. The van der Waals surface area contributed by atoms with Gasteiger partial charge in [0.1, 0.15) is 0 Å². The molecule has 1 unspecified atom stereocenters. The zero-order chi connectivity index (χ0) is 13.9. The minimum Gasteiger partial charge on any atom is -0.494 e. The number of halogens is 1. The third-order valence-corrected chi connectivity index (χ3v) is 3.50. The molecule has 1 saturated heterocycles. The molecule has 1 atom stereocenters. The van der Waals surface area contributed by atoms with Gasteiger partial charge in [-0.05, 0) is 43.6 Å². The van der Waals surface area contributed by atoms with Crippen molar-refractivity contribution in [3.63, 3.8) is 0 Å². The van der Waals surface area contributed by atoms with E-state index in [0.717, 1.165) is 25.9 Å². The fraction of sp³-hybridized carbons (Fsp3) is 0.429. The molecule has 0 radical (unpaired) electrons. The van der Waals surface area contributed by atoms with Gasteiger partial charge in [0, 0.05) is 12.0 Å². The average molecular weight is 277 g/mol. The van der Waals surface area contributed by atoms with Crippen molar-refractivity contribution in [2.75, 3.05) is 20.2 Å². The van der Waals surface area contributed by atoms with Crippen LogP contribution in [-0.4, -0.2) is 30.3 Å². The molecule has 5 nitrogen and oxygen atoms in total. The summed E-state index contributed by atoms with van der Waals surface area (Å²) in [4.78, 5) is 4.37. The van der Waals surface area contributed by atoms with E-state index in [1.54, 1.807) is 12.1 Å². The first-order valence-corrected chi connectivity index (χ1v) is 6.63. The summed E-state index contributed by atoms with van der Waals surface area (Å²) >= 11 is 0. The molecule has 1 fully saturated rings. The number of rotatable bonds is 4. The standard InChI is InChI=1S/C14H16FN3O2/c1-19-12-7-10(2-3-11(12)15)14-17-13(20-18-14)6-9-4-5-16-8-9/h2-3,7,9,16H,4-6,8H2,1H3. The minimum atomic E-state index is -0.406. The second kappa shape index (κ2) is 5.58. The zero-order valence-corrected chi connectivity index (χ0v) is 11.2. The number of benzene rings is 1. The predicted molar refractivity (Wildman–Crippen MR) is 70.9 cm³/mol. The molecular weight excluding hydrogens is 261 g/mol. The molecule has 3 rings (SSSR count). The predicted octanol–water partition coefficient (Wildman–Crippen LogP) is 2.04. The first kappa shape index (κ1) is 13.1. The lowest BCUT2D eigenvalue weighted by atomic mass is 10.1. The molecule has 0 amide bonds. The van der Waals surface area contributed by atoms with Gasteiger partial charge in [-0.3, -0.25) is 0 Å². The van der Waals surface area contributed by atoms with E-state index in [9.17, 15) is 4.39 Å². The lowest BCUT2D eigenvalue weighted by Crippen LogP contribution is -2.10. The van der Waals surface area contributed by atoms with Gasteiger partial charge in [0.25, 0.3) is 0 Å². The maximum absolute atomic E-state index is 13.4. The molecule has 2 aromatic rings. The van der Waals surface area contributed by atoms with Crippen LogP contribution in [0.25, 0.3) is 11.4 Å². The Kier molecular flexibility index (Phi) is 3.64. The highest BCUT2D eigenvalue weighted by molar-refractivity contribution is 5.57. The van der Waals surface area contributed by atoms with Crippen molar-refractivity contribution in [1.82, 2.24) is 15.5 Å². The second-order valence-corrected chi connectivity index (χ2v) is 4.92. The third kappa shape index (κ3) is 2.65. The van der Waals surface area contributed by atoms with Crippen LogP contribution in [0.2, 0.25) is 0 Å². The van der Waals surface area contributed by atoms with Crippen molar-refractivity contribution in [3.05, 3.63) is 29.9 Å². The summed E-state index contributed by atoms with van der Waals surface area (Å²) in [5.41, 5.74) is 0.683. The number of methoxy groups -OCH3 is 1. The van der Waals surface area contributed by atoms with E-state index < -0.39 is 5.82 Å². The Balaban J connectivity index is 1.78. The van der Waals surface area contributed by atoms with Crippen molar-refractivity contribution >= 4 is 0 Å². The molecule has 0 aliphatic carbocycles. The monoisotopic (exact) mass is 277 g/mol. The smallest absolute Gasteiger partial charge is 0.227 e. The molecule has 0 bridgehead atoms. The van der Waals surface area contributed by atoms with E-state index in [2.05, 4.69) is 15.5 Å². The highest BCUT2D eigenvalue weighted by atomic mass is 19.1. The normalized spacial score (nSPS) is 18.4. The molecule has 2 heterocycles. The lowest BCUT2D eigenvalue weighted by Gasteiger charge is -2.03. The summed E-state index contributed by atoms with van der Waals surface area (Å²) in [6, 6.07) is 4.52. The second-order valence-electron chi connectivity index (χ2n) is 4.92. The van der Waals surface area contributed by atoms with E-state index in [1.165, 1.54) is 13.2 Å². The number of hydrogen-bond donors (Lipinski definition) is 1. The summed E-state index contributed by atoms with van der Waals surface area (Å²) in [6.07, 6.45) is 1.90. The van der Waals surface area contributed by atoms with Crippen molar-refractivity contribution in [1.29, 1.82) is 0 Å². The van der Waals surface area contributed by atoms with Crippen LogP contribution in [0.4, 0.5) is 4.39 Å². The average Bonchev–Trinajstić information content (AvgIpc) is 3.12. The van der Waals surface area contributed by atoms with Crippen LogP contribution < -0.4 is 10.1 Å². The van der Waals surface area contributed by atoms with Crippen molar-refractivity contribution in [2.24, 2.45) is 5.92 Å². The first-order chi connectivity index (χ1) is 9.76. The van der Waals surface area contributed by atoms with Crippen LogP contribution in [0.1, 0.15) is 12.3 Å². The van der Waals surface area contributed by atoms with Gasteiger partial charge in [-0.2, -0.15) is 4.98 Å². The Hall–Kier alpha value is -1.95. The van der Waals surface area contributed by atoms with E-state index in [-0.39, 0.29) is 5.75 Å². The van der Waals surface area contributed by atoms with E-state index in [4.69, 9.17) is 9.26 Å². The van der Waals surface area contributed by atoms with Crippen LogP contribution in [0.15, 0.2) is 22.7 Å². The number of aromatic nitrogens is 2. The van der Waals surface area contributed by atoms with E-state index >= 15 is 0 Å².